The third-order valence-corrected chi connectivity index (χ3v) is 3.47. The molecule has 4 heteroatoms. The number of hydrogen-bond donors (Lipinski definition) is 1. The Kier molecular flexibility index (Phi) is 5.29. The highest BCUT2D eigenvalue weighted by molar-refractivity contribution is 4.90. The Morgan fingerprint density at radius 1 is 1.18 bits per heavy atom. The first-order valence-corrected chi connectivity index (χ1v) is 6.10. The molecule has 1 unspecified atom stereocenters. The van der Waals surface area contributed by atoms with Crippen LogP contribution in [0.5, 0.6) is 0 Å². The van der Waals surface area contributed by atoms with Gasteiger partial charge in [0.2, 0.25) is 0 Å². The lowest BCUT2D eigenvalue weighted by Gasteiger charge is -2.43. The summed E-state index contributed by atoms with van der Waals surface area (Å²) in [6.07, 6.45) is 0.277. The second-order valence-electron chi connectivity index (χ2n) is 6.64. The normalized spacial score (nSPS) is 15.8. The van der Waals surface area contributed by atoms with E-state index in [1.807, 2.05) is 13.8 Å². The number of nitrogens with zero attached hydrogens (tertiary/aromatic N) is 1. The van der Waals surface area contributed by atoms with E-state index in [1.165, 1.54) is 0 Å². The summed E-state index contributed by atoms with van der Waals surface area (Å²) in [6.45, 7) is 13.6. The molecule has 0 aromatic carbocycles. The Labute approximate surface area is 105 Å². The van der Waals surface area contributed by atoms with Crippen molar-refractivity contribution in [2.45, 2.75) is 72.1 Å². The zero-order chi connectivity index (χ0) is 13.9. The van der Waals surface area contributed by atoms with Crippen LogP contribution in [-0.4, -0.2) is 29.0 Å². The number of ether oxygens (including phenoxy) is 1. The van der Waals surface area contributed by atoms with Crippen LogP contribution in [0.2, 0.25) is 0 Å². The summed E-state index contributed by atoms with van der Waals surface area (Å²) >= 11 is 0. The van der Waals surface area contributed by atoms with Gasteiger partial charge in [-0.05, 0) is 46.5 Å². The molecule has 0 aromatic heterocycles. The highest BCUT2D eigenvalue weighted by atomic mass is 16.5. The largest absolute Gasteiger partial charge is 0.393 e. The fourth-order valence-corrected chi connectivity index (χ4v) is 1.56. The van der Waals surface area contributed by atoms with Crippen molar-refractivity contribution >= 4 is 0 Å². The summed E-state index contributed by atoms with van der Waals surface area (Å²) in [6, 6.07) is 0. The monoisotopic (exact) mass is 245 g/mol. The average molecular weight is 245 g/mol. The van der Waals surface area contributed by atoms with Gasteiger partial charge in [0.05, 0.1) is 18.3 Å². The maximum Gasteiger partial charge on any atom is 0.120 e. The Morgan fingerprint density at radius 2 is 1.65 bits per heavy atom. The lowest BCUT2D eigenvalue weighted by molar-refractivity contribution is -0.120. The van der Waals surface area contributed by atoms with Crippen LogP contribution in [0.25, 0.3) is 0 Å². The summed E-state index contributed by atoms with van der Waals surface area (Å²) in [7, 11) is 0. The van der Waals surface area contributed by atoms with Gasteiger partial charge in [-0.2, -0.15) is 4.91 Å². The first kappa shape index (κ1) is 16.5. The van der Waals surface area contributed by atoms with Gasteiger partial charge in [-0.3, -0.25) is 0 Å². The van der Waals surface area contributed by atoms with Crippen molar-refractivity contribution in [1.29, 1.82) is 0 Å². The van der Waals surface area contributed by atoms with E-state index >= 15 is 0 Å². The van der Waals surface area contributed by atoms with E-state index in [1.54, 1.807) is 20.8 Å². The summed E-state index contributed by atoms with van der Waals surface area (Å²) in [5.74, 6) is 0. The molecule has 1 atom stereocenters. The van der Waals surface area contributed by atoms with E-state index < -0.39 is 11.1 Å². The molecule has 0 amide bonds. The average Bonchev–Trinajstić information content (AvgIpc) is 2.13. The van der Waals surface area contributed by atoms with Crippen molar-refractivity contribution in [3.8, 4) is 0 Å². The second kappa shape index (κ2) is 5.44. The molecule has 0 saturated carbocycles. The quantitative estimate of drug-likeness (QED) is 0.701. The zero-order valence-corrected chi connectivity index (χ0v) is 12.2. The molecular formula is C13H27NO3. The van der Waals surface area contributed by atoms with E-state index in [4.69, 9.17) is 4.74 Å². The van der Waals surface area contributed by atoms with E-state index in [0.717, 1.165) is 0 Å². The smallest absolute Gasteiger partial charge is 0.120 e. The van der Waals surface area contributed by atoms with Gasteiger partial charge < -0.3 is 9.84 Å². The van der Waals surface area contributed by atoms with Gasteiger partial charge in [-0.1, -0.05) is 19.0 Å². The molecule has 0 rings (SSSR count). The van der Waals surface area contributed by atoms with Crippen molar-refractivity contribution < 1.29 is 9.84 Å². The van der Waals surface area contributed by atoms with Crippen LogP contribution in [-0.2, 0) is 4.74 Å². The molecule has 0 aromatic rings. The van der Waals surface area contributed by atoms with Crippen LogP contribution in [0.3, 0.4) is 0 Å². The van der Waals surface area contributed by atoms with Gasteiger partial charge in [-0.15, -0.1) is 0 Å². The van der Waals surface area contributed by atoms with Crippen LogP contribution in [0.15, 0.2) is 5.18 Å². The Hall–Kier alpha value is -0.480. The molecule has 0 saturated heterocycles. The number of nitroso groups, excluding NO2 is 1. The molecule has 0 fully saturated rings. The topological polar surface area (TPSA) is 58.9 Å². The van der Waals surface area contributed by atoms with Crippen molar-refractivity contribution in [3.63, 3.8) is 0 Å². The molecule has 102 valence electrons. The SMILES string of the molecule is CC(O)CC(C)(C)C(C)(C)OCC(C)(C)N=O. The lowest BCUT2D eigenvalue weighted by Crippen LogP contribution is -2.45. The highest BCUT2D eigenvalue weighted by Gasteiger charge is 2.40. The summed E-state index contributed by atoms with van der Waals surface area (Å²) in [5, 5.41) is 12.5. The third kappa shape index (κ3) is 5.13. The molecule has 0 radical (unpaired) electrons. The van der Waals surface area contributed by atoms with Crippen LogP contribution in [0, 0.1) is 10.3 Å². The molecular weight excluding hydrogens is 218 g/mol. The molecule has 4 nitrogen and oxygen atoms in total. The van der Waals surface area contributed by atoms with Crippen molar-refractivity contribution in [1.82, 2.24) is 0 Å². The number of aliphatic hydroxyl groups excluding tert-OH is 1. The van der Waals surface area contributed by atoms with Gasteiger partial charge in [-0.25, -0.2) is 0 Å². The summed E-state index contributed by atoms with van der Waals surface area (Å²) < 4.78 is 5.85. The van der Waals surface area contributed by atoms with Gasteiger partial charge in [0, 0.05) is 0 Å². The van der Waals surface area contributed by atoms with Crippen molar-refractivity contribution in [3.05, 3.63) is 4.91 Å². The Balaban J connectivity index is 4.61. The third-order valence-electron chi connectivity index (χ3n) is 3.47. The zero-order valence-electron chi connectivity index (χ0n) is 12.2. The molecule has 0 aliphatic carbocycles. The van der Waals surface area contributed by atoms with E-state index in [-0.39, 0.29) is 18.1 Å². The first-order chi connectivity index (χ1) is 7.43. The van der Waals surface area contributed by atoms with Gasteiger partial charge >= 0.3 is 0 Å². The van der Waals surface area contributed by atoms with Gasteiger partial charge in [0.15, 0.2) is 0 Å². The van der Waals surface area contributed by atoms with Crippen molar-refractivity contribution in [2.75, 3.05) is 6.61 Å². The first-order valence-electron chi connectivity index (χ1n) is 6.10. The molecule has 17 heavy (non-hydrogen) atoms. The fraction of sp³-hybridized carbons (Fsp3) is 1.00. The van der Waals surface area contributed by atoms with Crippen molar-refractivity contribution in [2.24, 2.45) is 10.6 Å². The van der Waals surface area contributed by atoms with E-state index in [2.05, 4.69) is 19.0 Å². The fourth-order valence-electron chi connectivity index (χ4n) is 1.56. The molecule has 0 aliphatic rings. The van der Waals surface area contributed by atoms with Gasteiger partial charge in [0.25, 0.3) is 0 Å². The Morgan fingerprint density at radius 3 is 2.00 bits per heavy atom. The molecule has 1 N–H and O–H groups in total. The molecule has 0 spiro atoms. The van der Waals surface area contributed by atoms with Crippen LogP contribution >= 0.6 is 0 Å². The van der Waals surface area contributed by atoms with Gasteiger partial charge in [0.1, 0.15) is 5.54 Å². The minimum absolute atomic E-state index is 0.180. The minimum Gasteiger partial charge on any atom is -0.393 e. The second-order valence-corrected chi connectivity index (χ2v) is 6.64. The minimum atomic E-state index is -0.710. The predicted molar refractivity (Wildman–Crippen MR) is 70.0 cm³/mol. The summed E-state index contributed by atoms with van der Waals surface area (Å²) in [4.78, 5) is 10.6. The number of aliphatic hydroxyl groups is 1. The van der Waals surface area contributed by atoms with Crippen LogP contribution < -0.4 is 0 Å². The maximum atomic E-state index is 10.6. The maximum absolute atomic E-state index is 10.6. The number of hydrogen-bond acceptors (Lipinski definition) is 4. The lowest BCUT2D eigenvalue weighted by atomic mass is 9.73. The molecule has 0 heterocycles. The van der Waals surface area contributed by atoms with E-state index in [0.29, 0.717) is 6.42 Å². The van der Waals surface area contributed by atoms with Crippen LogP contribution in [0.4, 0.5) is 0 Å². The Bertz CT molecular complexity index is 257. The number of rotatable bonds is 7. The molecule has 0 bridgehead atoms. The standard InChI is InChI=1S/C13H27NO3/c1-10(15)8-11(2,3)13(6,7)17-9-12(4,5)14-16/h10,15H,8-9H2,1-7H3. The predicted octanol–water partition coefficient (Wildman–Crippen LogP) is 3.12. The van der Waals surface area contributed by atoms with E-state index in [9.17, 15) is 10.0 Å². The highest BCUT2D eigenvalue weighted by Crippen LogP contribution is 2.38. The summed E-state index contributed by atoms with van der Waals surface area (Å²) in [5.41, 5.74) is -1.32. The molecule has 0 aliphatic heterocycles. The van der Waals surface area contributed by atoms with Crippen LogP contribution in [0.1, 0.15) is 54.9 Å².